The summed E-state index contributed by atoms with van der Waals surface area (Å²) in [5, 5.41) is 10.7. The van der Waals surface area contributed by atoms with Crippen LogP contribution in [0.4, 0.5) is 5.69 Å². The molecule has 1 aliphatic rings. The monoisotopic (exact) mass is 365 g/mol. The number of hydrogen-bond donors (Lipinski definition) is 2. The maximum Gasteiger partial charge on any atom is 0.350 e. The van der Waals surface area contributed by atoms with Crippen molar-refractivity contribution in [3.63, 3.8) is 0 Å². The van der Waals surface area contributed by atoms with Gasteiger partial charge in [0.1, 0.15) is 4.60 Å². The SMILES string of the molecule is CC1(C)OC(=O)C(=CNc2ccc3n[nH]c(Br)c3c2)C(=O)O1. The number of carbonyl (C=O) groups excluding carboxylic acids is 2. The number of carbonyl (C=O) groups is 2. The van der Waals surface area contributed by atoms with Crippen LogP contribution >= 0.6 is 15.9 Å². The normalized spacial score (nSPS) is 17.1. The molecule has 1 saturated heterocycles. The van der Waals surface area contributed by atoms with Crippen LogP contribution in [0.2, 0.25) is 0 Å². The molecule has 0 aliphatic carbocycles. The summed E-state index contributed by atoms with van der Waals surface area (Å²) in [4.78, 5) is 23.6. The van der Waals surface area contributed by atoms with Crippen LogP contribution in [0.3, 0.4) is 0 Å². The number of nitrogens with zero attached hydrogens (tertiary/aromatic N) is 1. The van der Waals surface area contributed by atoms with Crippen molar-refractivity contribution in [3.05, 3.63) is 34.6 Å². The summed E-state index contributed by atoms with van der Waals surface area (Å²) in [5.74, 6) is -2.69. The fourth-order valence-corrected chi connectivity index (χ4v) is 2.41. The number of fused-ring (bicyclic) bond motifs is 1. The van der Waals surface area contributed by atoms with Crippen molar-refractivity contribution in [1.82, 2.24) is 10.2 Å². The van der Waals surface area contributed by atoms with Crippen molar-refractivity contribution in [3.8, 4) is 0 Å². The highest BCUT2D eigenvalue weighted by Gasteiger charge is 2.38. The van der Waals surface area contributed by atoms with E-state index in [1.807, 2.05) is 6.07 Å². The Bertz CT molecular complexity index is 788. The molecule has 114 valence electrons. The van der Waals surface area contributed by atoms with Gasteiger partial charge in [0.05, 0.1) is 5.52 Å². The van der Waals surface area contributed by atoms with E-state index in [4.69, 9.17) is 9.47 Å². The second-order valence-electron chi connectivity index (χ2n) is 5.15. The lowest BCUT2D eigenvalue weighted by Crippen LogP contribution is -2.42. The number of rotatable bonds is 2. The average Bonchev–Trinajstić information content (AvgIpc) is 2.78. The molecule has 2 heterocycles. The van der Waals surface area contributed by atoms with E-state index in [1.165, 1.54) is 20.0 Å². The predicted octanol–water partition coefficient (Wildman–Crippen LogP) is 2.46. The number of hydrogen-bond acceptors (Lipinski definition) is 6. The molecule has 1 aliphatic heterocycles. The van der Waals surface area contributed by atoms with Gasteiger partial charge in [0.25, 0.3) is 5.79 Å². The third-order valence-electron chi connectivity index (χ3n) is 3.01. The number of halogens is 1. The summed E-state index contributed by atoms with van der Waals surface area (Å²) < 4.78 is 10.8. The first-order chi connectivity index (χ1) is 10.4. The third kappa shape index (κ3) is 2.69. The average molecular weight is 366 g/mol. The van der Waals surface area contributed by atoms with Crippen molar-refractivity contribution in [1.29, 1.82) is 0 Å². The Morgan fingerprint density at radius 2 is 1.95 bits per heavy atom. The second kappa shape index (κ2) is 5.13. The topological polar surface area (TPSA) is 93.3 Å². The minimum absolute atomic E-state index is 0.189. The summed E-state index contributed by atoms with van der Waals surface area (Å²) in [6.07, 6.45) is 1.27. The van der Waals surface area contributed by atoms with Crippen molar-refractivity contribution in [2.24, 2.45) is 0 Å². The van der Waals surface area contributed by atoms with Crippen LogP contribution in [0.1, 0.15) is 13.8 Å². The first-order valence-electron chi connectivity index (χ1n) is 6.43. The molecule has 0 radical (unpaired) electrons. The molecule has 8 heteroatoms. The Hall–Kier alpha value is -2.35. The number of aromatic amines is 1. The number of cyclic esters (lactones) is 2. The molecule has 1 aromatic carbocycles. The molecule has 0 unspecified atom stereocenters. The zero-order valence-electron chi connectivity index (χ0n) is 11.8. The molecule has 2 aromatic rings. The van der Waals surface area contributed by atoms with Gasteiger partial charge in [-0.15, -0.1) is 0 Å². The lowest BCUT2D eigenvalue weighted by molar-refractivity contribution is -0.222. The quantitative estimate of drug-likeness (QED) is 0.482. The van der Waals surface area contributed by atoms with Crippen LogP contribution in [0.25, 0.3) is 10.9 Å². The second-order valence-corrected chi connectivity index (χ2v) is 5.94. The predicted molar refractivity (Wildman–Crippen MR) is 81.8 cm³/mol. The van der Waals surface area contributed by atoms with Crippen molar-refractivity contribution >= 4 is 44.5 Å². The van der Waals surface area contributed by atoms with Gasteiger partial charge in [-0.3, -0.25) is 5.10 Å². The fraction of sp³-hybridized carbons (Fsp3) is 0.214. The van der Waals surface area contributed by atoms with E-state index in [2.05, 4.69) is 31.4 Å². The van der Waals surface area contributed by atoms with Gasteiger partial charge in [-0.1, -0.05) is 0 Å². The molecular weight excluding hydrogens is 354 g/mol. The lowest BCUT2D eigenvalue weighted by atomic mass is 10.2. The van der Waals surface area contributed by atoms with Crippen LogP contribution in [0.15, 0.2) is 34.6 Å². The Kier molecular flexibility index (Phi) is 3.40. The molecule has 7 nitrogen and oxygen atoms in total. The molecule has 0 amide bonds. The van der Waals surface area contributed by atoms with Gasteiger partial charge in [0.15, 0.2) is 5.57 Å². The van der Waals surface area contributed by atoms with Gasteiger partial charge < -0.3 is 14.8 Å². The van der Waals surface area contributed by atoms with Crippen LogP contribution in [-0.4, -0.2) is 27.9 Å². The van der Waals surface area contributed by atoms with Crippen LogP contribution < -0.4 is 5.32 Å². The van der Waals surface area contributed by atoms with E-state index >= 15 is 0 Å². The molecule has 3 rings (SSSR count). The van der Waals surface area contributed by atoms with E-state index < -0.39 is 17.7 Å². The number of H-pyrrole nitrogens is 1. The highest BCUT2D eigenvalue weighted by atomic mass is 79.9. The maximum absolute atomic E-state index is 11.8. The molecular formula is C14H12BrN3O4. The van der Waals surface area contributed by atoms with Gasteiger partial charge in [-0.25, -0.2) is 9.59 Å². The number of esters is 2. The zero-order chi connectivity index (χ0) is 15.9. The summed E-state index contributed by atoms with van der Waals surface area (Å²) in [6, 6.07) is 5.40. The Labute approximate surface area is 133 Å². The highest BCUT2D eigenvalue weighted by molar-refractivity contribution is 9.10. The fourth-order valence-electron chi connectivity index (χ4n) is 2.00. The largest absolute Gasteiger partial charge is 0.419 e. The summed E-state index contributed by atoms with van der Waals surface area (Å²) in [6.45, 7) is 2.99. The molecule has 0 atom stereocenters. The van der Waals surface area contributed by atoms with Gasteiger partial charge in [0, 0.05) is 31.1 Å². The van der Waals surface area contributed by atoms with E-state index in [1.54, 1.807) is 12.1 Å². The van der Waals surface area contributed by atoms with Crippen LogP contribution in [0.5, 0.6) is 0 Å². The van der Waals surface area contributed by atoms with Crippen molar-refractivity contribution in [2.45, 2.75) is 19.6 Å². The summed E-state index contributed by atoms with van der Waals surface area (Å²) in [7, 11) is 0. The maximum atomic E-state index is 11.8. The van der Waals surface area contributed by atoms with E-state index in [-0.39, 0.29) is 5.57 Å². The molecule has 0 saturated carbocycles. The first-order valence-corrected chi connectivity index (χ1v) is 7.22. The number of nitrogens with one attached hydrogen (secondary N) is 2. The van der Waals surface area contributed by atoms with Crippen LogP contribution in [0, 0.1) is 0 Å². The van der Waals surface area contributed by atoms with E-state index in [9.17, 15) is 9.59 Å². The number of aromatic nitrogens is 2. The summed E-state index contributed by atoms with van der Waals surface area (Å²) >= 11 is 3.35. The minimum atomic E-state index is -1.24. The Morgan fingerprint density at radius 1 is 1.27 bits per heavy atom. The standard InChI is InChI=1S/C14H12BrN3O4/c1-14(2)21-12(19)9(13(20)22-14)6-16-7-3-4-10-8(5-7)11(15)18-17-10/h3-6,16H,1-2H3,(H,17,18). The summed E-state index contributed by atoms with van der Waals surface area (Å²) in [5.41, 5.74) is 1.29. The van der Waals surface area contributed by atoms with Gasteiger partial charge in [-0.2, -0.15) is 5.10 Å². The van der Waals surface area contributed by atoms with Gasteiger partial charge in [-0.05, 0) is 34.1 Å². The molecule has 1 fully saturated rings. The van der Waals surface area contributed by atoms with Crippen molar-refractivity contribution < 1.29 is 19.1 Å². The van der Waals surface area contributed by atoms with Gasteiger partial charge >= 0.3 is 11.9 Å². The lowest BCUT2D eigenvalue weighted by Gasteiger charge is -2.29. The minimum Gasteiger partial charge on any atom is -0.419 e. The number of ether oxygens (including phenoxy) is 2. The zero-order valence-corrected chi connectivity index (χ0v) is 13.4. The smallest absolute Gasteiger partial charge is 0.350 e. The molecule has 22 heavy (non-hydrogen) atoms. The number of anilines is 1. The number of benzene rings is 1. The first kappa shape index (κ1) is 14.6. The molecule has 0 spiro atoms. The highest BCUT2D eigenvalue weighted by Crippen LogP contribution is 2.25. The van der Waals surface area contributed by atoms with Gasteiger partial charge in [0.2, 0.25) is 0 Å². The van der Waals surface area contributed by atoms with Crippen LogP contribution in [-0.2, 0) is 19.1 Å². The molecule has 2 N–H and O–H groups in total. The van der Waals surface area contributed by atoms with E-state index in [0.29, 0.717) is 5.69 Å². The Morgan fingerprint density at radius 3 is 2.64 bits per heavy atom. The molecule has 0 bridgehead atoms. The van der Waals surface area contributed by atoms with E-state index in [0.717, 1.165) is 15.5 Å². The third-order valence-corrected chi connectivity index (χ3v) is 3.61. The van der Waals surface area contributed by atoms with Crippen molar-refractivity contribution in [2.75, 3.05) is 5.32 Å². The Balaban J connectivity index is 1.84. The molecule has 1 aromatic heterocycles.